The van der Waals surface area contributed by atoms with Crippen molar-refractivity contribution in [3.63, 3.8) is 0 Å². The minimum absolute atomic E-state index is 0. The van der Waals surface area contributed by atoms with Crippen molar-refractivity contribution in [3.8, 4) is 5.95 Å². The molecule has 0 atom stereocenters. The van der Waals surface area contributed by atoms with Crippen LogP contribution >= 0.6 is 0 Å². The molecule has 0 fully saturated rings. The van der Waals surface area contributed by atoms with E-state index in [1.807, 2.05) is 0 Å². The fraction of sp³-hybridized carbons (Fsp3) is 0. The van der Waals surface area contributed by atoms with Gasteiger partial charge in [0.05, 0.1) is 0 Å². The highest BCUT2D eigenvalue weighted by atomic mass is 16.0. The van der Waals surface area contributed by atoms with Crippen LogP contribution in [0.15, 0.2) is 19.0 Å². The van der Waals surface area contributed by atoms with Gasteiger partial charge in [0, 0.05) is 0 Å². The van der Waals surface area contributed by atoms with Gasteiger partial charge in [0.25, 0.3) is 0 Å². The first-order chi connectivity index (χ1) is 4.97. The number of hydrogen-bond acceptors (Lipinski definition) is 4. The standard InChI is InChI=1S/C4H4N6.H2O/c1-5-4(9-6-1)10-2-7-8-3-10;/h1-3H,(H,5,6,9);1H2. The third kappa shape index (κ3) is 1.22. The van der Waals surface area contributed by atoms with E-state index in [-0.39, 0.29) is 5.48 Å². The lowest BCUT2D eigenvalue weighted by molar-refractivity contribution is 0.824. The van der Waals surface area contributed by atoms with Crippen LogP contribution in [0.3, 0.4) is 0 Å². The van der Waals surface area contributed by atoms with E-state index in [1.54, 1.807) is 17.2 Å². The van der Waals surface area contributed by atoms with Gasteiger partial charge in [-0.25, -0.2) is 5.10 Å². The predicted molar refractivity (Wildman–Crippen MR) is 34.9 cm³/mol. The van der Waals surface area contributed by atoms with E-state index in [9.17, 15) is 0 Å². The van der Waals surface area contributed by atoms with E-state index in [0.717, 1.165) is 0 Å². The zero-order valence-corrected chi connectivity index (χ0v) is 5.47. The Kier molecular flexibility index (Phi) is 1.93. The summed E-state index contributed by atoms with van der Waals surface area (Å²) in [6.45, 7) is 0. The summed E-state index contributed by atoms with van der Waals surface area (Å²) in [5.74, 6) is 0.616. The zero-order chi connectivity index (χ0) is 6.81. The van der Waals surface area contributed by atoms with E-state index in [1.165, 1.54) is 6.33 Å². The maximum atomic E-state index is 3.88. The number of aromatic amines is 1. The first kappa shape index (κ1) is 7.35. The lowest BCUT2D eigenvalue weighted by Gasteiger charge is -1.88. The van der Waals surface area contributed by atoms with Gasteiger partial charge in [-0.15, -0.1) is 10.2 Å². The first-order valence-corrected chi connectivity index (χ1v) is 2.67. The average molecular weight is 154 g/mol. The van der Waals surface area contributed by atoms with Gasteiger partial charge in [0.2, 0.25) is 5.95 Å². The Bertz CT molecular complexity index is 254. The highest BCUT2D eigenvalue weighted by molar-refractivity contribution is 5.03. The fourth-order valence-electron chi connectivity index (χ4n) is 0.634. The van der Waals surface area contributed by atoms with Crippen LogP contribution in [0.25, 0.3) is 5.95 Å². The molecule has 0 saturated heterocycles. The lowest BCUT2D eigenvalue weighted by atomic mass is 10.9. The Labute approximate surface area is 61.4 Å². The molecule has 0 aliphatic rings. The summed E-state index contributed by atoms with van der Waals surface area (Å²) >= 11 is 0. The largest absolute Gasteiger partial charge is 0.412 e. The molecule has 2 aromatic heterocycles. The van der Waals surface area contributed by atoms with Gasteiger partial charge < -0.3 is 5.48 Å². The molecule has 0 bridgehead atoms. The van der Waals surface area contributed by atoms with Crippen molar-refractivity contribution >= 4 is 0 Å². The van der Waals surface area contributed by atoms with E-state index in [2.05, 4.69) is 25.4 Å². The SMILES string of the molecule is O.c1n[nH]c(-n2cnnc2)n1. The molecule has 2 rings (SSSR count). The van der Waals surface area contributed by atoms with Crippen molar-refractivity contribution in [1.29, 1.82) is 0 Å². The van der Waals surface area contributed by atoms with Crippen LogP contribution in [-0.4, -0.2) is 35.4 Å². The smallest absolute Gasteiger partial charge is 0.231 e. The van der Waals surface area contributed by atoms with Gasteiger partial charge in [-0.05, 0) is 0 Å². The molecule has 0 spiro atoms. The monoisotopic (exact) mass is 154 g/mol. The van der Waals surface area contributed by atoms with Crippen LogP contribution in [0.5, 0.6) is 0 Å². The van der Waals surface area contributed by atoms with Crippen molar-refractivity contribution in [2.75, 3.05) is 0 Å². The van der Waals surface area contributed by atoms with Gasteiger partial charge in [-0.2, -0.15) is 10.1 Å². The number of H-pyrrole nitrogens is 1. The average Bonchev–Trinajstić information content (AvgIpc) is 2.59. The minimum Gasteiger partial charge on any atom is -0.412 e. The third-order valence-electron chi connectivity index (χ3n) is 1.07. The molecule has 3 N–H and O–H groups in total. The summed E-state index contributed by atoms with van der Waals surface area (Å²) in [5.41, 5.74) is 0. The maximum absolute atomic E-state index is 3.88. The second kappa shape index (κ2) is 2.88. The molecule has 0 amide bonds. The quantitative estimate of drug-likeness (QED) is 0.543. The molecule has 0 aliphatic heterocycles. The summed E-state index contributed by atoms with van der Waals surface area (Å²) in [7, 11) is 0. The van der Waals surface area contributed by atoms with E-state index in [0.29, 0.717) is 5.95 Å². The van der Waals surface area contributed by atoms with Gasteiger partial charge in [-0.1, -0.05) is 0 Å². The zero-order valence-electron chi connectivity index (χ0n) is 5.47. The Hall–Kier alpha value is -1.76. The highest BCUT2D eigenvalue weighted by Gasteiger charge is 1.95. The molecular weight excluding hydrogens is 148 g/mol. The van der Waals surface area contributed by atoms with Crippen LogP contribution in [0, 0.1) is 0 Å². The molecule has 7 heteroatoms. The molecule has 11 heavy (non-hydrogen) atoms. The maximum Gasteiger partial charge on any atom is 0.231 e. The highest BCUT2D eigenvalue weighted by Crippen LogP contribution is 1.92. The van der Waals surface area contributed by atoms with Crippen molar-refractivity contribution in [2.45, 2.75) is 0 Å². The van der Waals surface area contributed by atoms with Crippen LogP contribution in [0.2, 0.25) is 0 Å². The van der Waals surface area contributed by atoms with Gasteiger partial charge >= 0.3 is 0 Å². The van der Waals surface area contributed by atoms with Gasteiger partial charge in [0.15, 0.2) is 0 Å². The van der Waals surface area contributed by atoms with Gasteiger partial charge in [-0.3, -0.25) is 4.57 Å². The fourth-order valence-corrected chi connectivity index (χ4v) is 0.634. The topological polar surface area (TPSA) is 104 Å². The third-order valence-corrected chi connectivity index (χ3v) is 1.07. The Morgan fingerprint density at radius 3 is 2.55 bits per heavy atom. The number of aromatic nitrogens is 6. The molecule has 0 saturated carbocycles. The Morgan fingerprint density at radius 2 is 2.00 bits per heavy atom. The Balaban J connectivity index is 0.000000605. The normalized spacial score (nSPS) is 9.09. The molecule has 0 aromatic carbocycles. The van der Waals surface area contributed by atoms with Crippen LogP contribution in [-0.2, 0) is 0 Å². The molecule has 58 valence electrons. The summed E-state index contributed by atoms with van der Waals surface area (Å²) in [6, 6.07) is 0. The van der Waals surface area contributed by atoms with E-state index < -0.39 is 0 Å². The molecule has 0 aliphatic carbocycles. The molecular formula is C4H6N6O. The van der Waals surface area contributed by atoms with E-state index >= 15 is 0 Å². The first-order valence-electron chi connectivity index (χ1n) is 2.67. The number of rotatable bonds is 1. The molecule has 2 heterocycles. The van der Waals surface area contributed by atoms with Crippen molar-refractivity contribution in [3.05, 3.63) is 19.0 Å². The summed E-state index contributed by atoms with van der Waals surface area (Å²) in [6.07, 6.45) is 4.51. The second-order valence-corrected chi connectivity index (χ2v) is 1.68. The Morgan fingerprint density at radius 1 is 1.27 bits per heavy atom. The van der Waals surface area contributed by atoms with Crippen molar-refractivity contribution in [1.82, 2.24) is 29.9 Å². The summed E-state index contributed by atoms with van der Waals surface area (Å²) in [4.78, 5) is 3.88. The number of nitrogens with zero attached hydrogens (tertiary/aromatic N) is 5. The molecule has 0 radical (unpaired) electrons. The molecule has 0 unspecified atom stereocenters. The van der Waals surface area contributed by atoms with Crippen molar-refractivity contribution < 1.29 is 5.48 Å². The predicted octanol–water partition coefficient (Wildman–Crippen LogP) is -1.44. The van der Waals surface area contributed by atoms with Crippen LogP contribution < -0.4 is 0 Å². The van der Waals surface area contributed by atoms with Gasteiger partial charge in [0.1, 0.15) is 19.0 Å². The van der Waals surface area contributed by atoms with Crippen LogP contribution in [0.4, 0.5) is 0 Å². The second-order valence-electron chi connectivity index (χ2n) is 1.68. The lowest BCUT2D eigenvalue weighted by Crippen LogP contribution is -1.91. The number of hydrogen-bond donors (Lipinski definition) is 1. The van der Waals surface area contributed by atoms with Crippen molar-refractivity contribution in [2.24, 2.45) is 0 Å². The minimum atomic E-state index is 0. The molecule has 2 aromatic rings. The summed E-state index contributed by atoms with van der Waals surface area (Å²) < 4.78 is 1.63. The summed E-state index contributed by atoms with van der Waals surface area (Å²) in [5, 5.41) is 13.5. The van der Waals surface area contributed by atoms with E-state index in [4.69, 9.17) is 0 Å². The molecule has 7 nitrogen and oxygen atoms in total. The number of nitrogens with one attached hydrogen (secondary N) is 1. The van der Waals surface area contributed by atoms with Crippen LogP contribution in [0.1, 0.15) is 0 Å².